The summed E-state index contributed by atoms with van der Waals surface area (Å²) < 4.78 is 0. The van der Waals surface area contributed by atoms with Gasteiger partial charge in [0.2, 0.25) is 5.91 Å². The topological polar surface area (TPSA) is 49.6 Å². The Bertz CT molecular complexity index is 497. The molecule has 0 unspecified atom stereocenters. The number of carbonyl (C=O) groups is 1. The Labute approximate surface area is 171 Å². The minimum Gasteiger partial charge on any atom is -0.337 e. The molecule has 1 saturated carbocycles. The second kappa shape index (κ2) is 13.4. The zero-order valence-electron chi connectivity index (χ0n) is 16.1. The second-order valence-corrected chi connectivity index (χ2v) is 6.81. The quantitative estimate of drug-likeness (QED) is 0.685. The summed E-state index contributed by atoms with van der Waals surface area (Å²) in [5.41, 5.74) is 7.10. The highest BCUT2D eigenvalue weighted by atomic mass is 35.5. The number of benzene rings is 1. The van der Waals surface area contributed by atoms with Crippen molar-refractivity contribution in [2.45, 2.75) is 39.7 Å². The normalized spacial score (nSPS) is 18.9. The summed E-state index contributed by atoms with van der Waals surface area (Å²) in [4.78, 5) is 17.6. The fraction of sp³-hybridized carbons (Fsp3) is 0.650. The maximum absolute atomic E-state index is 13.2. The molecular formula is C20H35Cl2N3O. The van der Waals surface area contributed by atoms with Crippen LogP contribution in [0.25, 0.3) is 0 Å². The van der Waals surface area contributed by atoms with Crippen LogP contribution in [0.2, 0.25) is 0 Å². The van der Waals surface area contributed by atoms with E-state index < -0.39 is 0 Å². The molecule has 0 saturated heterocycles. The van der Waals surface area contributed by atoms with Gasteiger partial charge in [-0.15, -0.1) is 24.8 Å². The summed E-state index contributed by atoms with van der Waals surface area (Å²) in [6.45, 7) is 9.47. The van der Waals surface area contributed by atoms with Crippen molar-refractivity contribution in [2.24, 2.45) is 17.6 Å². The molecule has 0 radical (unpaired) electrons. The van der Waals surface area contributed by atoms with Crippen LogP contribution in [0.1, 0.15) is 38.7 Å². The number of nitrogens with two attached hydrogens (primary N) is 1. The average molecular weight is 404 g/mol. The molecule has 1 fully saturated rings. The Kier molecular flexibility index (Phi) is 13.0. The van der Waals surface area contributed by atoms with E-state index in [0.717, 1.165) is 45.4 Å². The highest BCUT2D eigenvalue weighted by Crippen LogP contribution is 2.32. The molecule has 26 heavy (non-hydrogen) atoms. The van der Waals surface area contributed by atoms with Crippen LogP contribution in [-0.4, -0.2) is 48.4 Å². The molecular weight excluding hydrogens is 369 g/mol. The number of rotatable bonds is 9. The smallest absolute Gasteiger partial charge is 0.226 e. The number of hydrogen-bond acceptors (Lipinski definition) is 3. The van der Waals surface area contributed by atoms with Gasteiger partial charge in [-0.25, -0.2) is 0 Å². The molecule has 2 atom stereocenters. The minimum absolute atomic E-state index is 0. The Balaban J connectivity index is 0.00000312. The molecule has 0 spiro atoms. The molecule has 4 nitrogen and oxygen atoms in total. The molecule has 2 N–H and O–H groups in total. The zero-order valence-corrected chi connectivity index (χ0v) is 17.7. The summed E-state index contributed by atoms with van der Waals surface area (Å²) in [5, 5.41) is 0. The maximum Gasteiger partial charge on any atom is 0.226 e. The number of hydrogen-bond donors (Lipinski definition) is 1. The number of halogens is 2. The van der Waals surface area contributed by atoms with E-state index >= 15 is 0 Å². The van der Waals surface area contributed by atoms with E-state index in [1.807, 2.05) is 18.2 Å². The van der Waals surface area contributed by atoms with Crippen LogP contribution >= 0.6 is 24.8 Å². The second-order valence-electron chi connectivity index (χ2n) is 6.81. The first-order valence-electron chi connectivity index (χ1n) is 9.44. The van der Waals surface area contributed by atoms with Crippen molar-refractivity contribution in [1.82, 2.24) is 9.80 Å². The van der Waals surface area contributed by atoms with E-state index in [-0.39, 0.29) is 30.7 Å². The van der Waals surface area contributed by atoms with Crippen LogP contribution in [0, 0.1) is 11.8 Å². The van der Waals surface area contributed by atoms with Gasteiger partial charge in [-0.2, -0.15) is 0 Å². The van der Waals surface area contributed by atoms with Crippen LogP contribution in [0.4, 0.5) is 0 Å². The van der Waals surface area contributed by atoms with Gasteiger partial charge in [0.25, 0.3) is 0 Å². The predicted octanol–water partition coefficient (Wildman–Crippen LogP) is 3.58. The van der Waals surface area contributed by atoms with E-state index in [9.17, 15) is 4.79 Å². The molecule has 6 heteroatoms. The van der Waals surface area contributed by atoms with Crippen LogP contribution in [-0.2, 0) is 11.3 Å². The molecule has 1 aliphatic carbocycles. The van der Waals surface area contributed by atoms with E-state index in [4.69, 9.17) is 5.73 Å². The van der Waals surface area contributed by atoms with Gasteiger partial charge >= 0.3 is 0 Å². The summed E-state index contributed by atoms with van der Waals surface area (Å²) in [5.74, 6) is 0.790. The first-order valence-corrected chi connectivity index (χ1v) is 9.44. The highest BCUT2D eigenvalue weighted by Gasteiger charge is 2.34. The van der Waals surface area contributed by atoms with Crippen molar-refractivity contribution in [3.63, 3.8) is 0 Å². The molecule has 0 heterocycles. The summed E-state index contributed by atoms with van der Waals surface area (Å²) >= 11 is 0. The number of carbonyl (C=O) groups excluding carboxylic acids is 1. The van der Waals surface area contributed by atoms with Crippen molar-refractivity contribution in [3.05, 3.63) is 35.9 Å². The third-order valence-electron chi connectivity index (χ3n) is 5.39. The van der Waals surface area contributed by atoms with Crippen molar-refractivity contribution in [3.8, 4) is 0 Å². The van der Waals surface area contributed by atoms with Crippen LogP contribution in [0.3, 0.4) is 0 Å². The van der Waals surface area contributed by atoms with Crippen molar-refractivity contribution in [1.29, 1.82) is 0 Å². The van der Waals surface area contributed by atoms with Gasteiger partial charge in [0, 0.05) is 25.6 Å². The summed E-state index contributed by atoms with van der Waals surface area (Å²) in [7, 11) is 0. The van der Waals surface area contributed by atoms with Crippen molar-refractivity contribution < 1.29 is 4.79 Å². The molecule has 2 rings (SSSR count). The Morgan fingerprint density at radius 2 is 1.73 bits per heavy atom. The lowest BCUT2D eigenvalue weighted by Crippen LogP contribution is -2.42. The van der Waals surface area contributed by atoms with Crippen molar-refractivity contribution in [2.75, 3.05) is 32.7 Å². The predicted molar refractivity (Wildman–Crippen MR) is 114 cm³/mol. The van der Waals surface area contributed by atoms with Crippen LogP contribution in [0.5, 0.6) is 0 Å². The van der Waals surface area contributed by atoms with E-state index in [1.54, 1.807) is 0 Å². The Morgan fingerprint density at radius 3 is 2.31 bits per heavy atom. The van der Waals surface area contributed by atoms with Gasteiger partial charge in [-0.05, 0) is 44.0 Å². The number of likely N-dealkylation sites (N-methyl/N-ethyl adjacent to an activating group) is 1. The lowest BCUT2D eigenvalue weighted by atomic mass is 9.94. The van der Waals surface area contributed by atoms with Crippen LogP contribution in [0.15, 0.2) is 30.3 Å². The van der Waals surface area contributed by atoms with Gasteiger partial charge in [-0.1, -0.05) is 50.6 Å². The van der Waals surface area contributed by atoms with E-state index in [1.165, 1.54) is 5.56 Å². The summed E-state index contributed by atoms with van der Waals surface area (Å²) in [6, 6.07) is 10.3. The third kappa shape index (κ3) is 7.07. The standard InChI is InChI=1S/C20H33N3O.2ClH/c1-3-22(4-2)13-14-23(16-17-9-6-5-7-10-17)20(24)19-12-8-11-18(19)15-21;;/h5-7,9-10,18-19H,3-4,8,11-16,21H2,1-2H3;2*1H/t18-,19-;;/m1../s1. The highest BCUT2D eigenvalue weighted by molar-refractivity contribution is 5.85. The first-order chi connectivity index (χ1) is 11.7. The van der Waals surface area contributed by atoms with E-state index in [0.29, 0.717) is 24.9 Å². The minimum atomic E-state index is 0. The average Bonchev–Trinajstić information content (AvgIpc) is 3.10. The van der Waals surface area contributed by atoms with Gasteiger partial charge in [0.15, 0.2) is 0 Å². The summed E-state index contributed by atoms with van der Waals surface area (Å²) in [6.07, 6.45) is 3.23. The Morgan fingerprint density at radius 1 is 1.08 bits per heavy atom. The largest absolute Gasteiger partial charge is 0.337 e. The van der Waals surface area contributed by atoms with E-state index in [2.05, 4.69) is 35.8 Å². The molecule has 1 aromatic rings. The molecule has 1 aliphatic rings. The monoisotopic (exact) mass is 403 g/mol. The zero-order chi connectivity index (χ0) is 17.4. The lowest BCUT2D eigenvalue weighted by molar-refractivity contribution is -0.137. The van der Waals surface area contributed by atoms with Gasteiger partial charge in [0.05, 0.1) is 0 Å². The van der Waals surface area contributed by atoms with Gasteiger partial charge in [0.1, 0.15) is 0 Å². The molecule has 0 bridgehead atoms. The molecule has 0 aromatic heterocycles. The number of nitrogens with zero attached hydrogens (tertiary/aromatic N) is 2. The van der Waals surface area contributed by atoms with Gasteiger partial charge in [-0.3, -0.25) is 4.79 Å². The number of amides is 1. The molecule has 150 valence electrons. The Hall–Kier alpha value is -0.810. The van der Waals surface area contributed by atoms with Gasteiger partial charge < -0.3 is 15.5 Å². The van der Waals surface area contributed by atoms with Crippen molar-refractivity contribution >= 4 is 30.7 Å². The molecule has 1 amide bonds. The lowest BCUT2D eigenvalue weighted by Gasteiger charge is -2.30. The SMILES string of the molecule is CCN(CC)CCN(Cc1ccccc1)C(=O)[C@@H]1CCC[C@@H]1CN.Cl.Cl. The molecule has 0 aliphatic heterocycles. The molecule has 1 aromatic carbocycles. The first kappa shape index (κ1) is 25.2. The van der Waals surface area contributed by atoms with Crippen LogP contribution < -0.4 is 5.73 Å². The fourth-order valence-corrected chi connectivity index (χ4v) is 3.75. The maximum atomic E-state index is 13.2. The fourth-order valence-electron chi connectivity index (χ4n) is 3.75. The third-order valence-corrected chi connectivity index (χ3v) is 5.39.